The van der Waals surface area contributed by atoms with Crippen LogP contribution in [0.5, 0.6) is 0 Å². The molecule has 1 saturated carbocycles. The summed E-state index contributed by atoms with van der Waals surface area (Å²) in [6.45, 7) is 4.38. The Morgan fingerprint density at radius 3 is 2.81 bits per heavy atom. The molecule has 1 aliphatic rings. The maximum atomic E-state index is 4.56. The number of nitrogens with one attached hydrogen (secondary N) is 1. The topological polar surface area (TPSA) is 24.4 Å². The first-order chi connectivity index (χ1) is 7.77. The van der Waals surface area contributed by atoms with Crippen molar-refractivity contribution < 1.29 is 0 Å². The van der Waals surface area contributed by atoms with Gasteiger partial charge in [-0.1, -0.05) is 31.5 Å². The lowest BCUT2D eigenvalue weighted by atomic mass is 9.89. The van der Waals surface area contributed by atoms with E-state index < -0.39 is 0 Å². The molecule has 2 nitrogen and oxygen atoms in total. The summed E-state index contributed by atoms with van der Waals surface area (Å²) in [6.07, 6.45) is 5.08. The van der Waals surface area contributed by atoms with Crippen LogP contribution < -0.4 is 5.43 Å². The van der Waals surface area contributed by atoms with Crippen molar-refractivity contribution in [2.45, 2.75) is 39.5 Å². The van der Waals surface area contributed by atoms with Crippen molar-refractivity contribution in [2.75, 3.05) is 5.43 Å². The lowest BCUT2D eigenvalue weighted by Gasteiger charge is -2.20. The predicted octanol–water partition coefficient (Wildman–Crippen LogP) is 3.97. The molecule has 1 atom stereocenters. The second-order valence-electron chi connectivity index (χ2n) is 4.68. The van der Waals surface area contributed by atoms with Gasteiger partial charge in [0.1, 0.15) is 0 Å². The number of para-hydroxylation sites is 1. The smallest absolute Gasteiger partial charge is 0.0590 e. The number of rotatable bonds is 2. The molecule has 0 spiro atoms. The minimum absolute atomic E-state index is 0.644. The summed E-state index contributed by atoms with van der Waals surface area (Å²) in [6, 6.07) is 8.27. The molecule has 1 N–H and O–H groups in total. The number of aryl methyl sites for hydroxylation is 1. The molecule has 0 amide bonds. The molecule has 1 fully saturated rings. The third-order valence-corrected chi connectivity index (χ3v) is 3.35. The molecular formula is C14H20N2. The van der Waals surface area contributed by atoms with Gasteiger partial charge >= 0.3 is 0 Å². The Kier molecular flexibility index (Phi) is 3.60. The molecule has 1 unspecified atom stereocenters. The van der Waals surface area contributed by atoms with Gasteiger partial charge in [0.15, 0.2) is 0 Å². The Morgan fingerprint density at radius 2 is 2.06 bits per heavy atom. The van der Waals surface area contributed by atoms with Crippen molar-refractivity contribution >= 4 is 11.4 Å². The normalized spacial score (nSPS) is 23.4. The van der Waals surface area contributed by atoms with Crippen LogP contribution in [0.3, 0.4) is 0 Å². The molecule has 86 valence electrons. The van der Waals surface area contributed by atoms with Crippen LogP contribution in [-0.2, 0) is 0 Å². The van der Waals surface area contributed by atoms with Crippen LogP contribution in [-0.4, -0.2) is 5.71 Å². The molecule has 2 heteroatoms. The quantitative estimate of drug-likeness (QED) is 0.743. The van der Waals surface area contributed by atoms with Gasteiger partial charge in [-0.05, 0) is 43.7 Å². The zero-order valence-corrected chi connectivity index (χ0v) is 10.2. The van der Waals surface area contributed by atoms with Gasteiger partial charge in [0, 0.05) is 5.71 Å². The third kappa shape index (κ3) is 2.63. The van der Waals surface area contributed by atoms with Gasteiger partial charge in [-0.3, -0.25) is 5.43 Å². The highest BCUT2D eigenvalue weighted by molar-refractivity contribution is 5.87. The van der Waals surface area contributed by atoms with E-state index in [2.05, 4.69) is 42.6 Å². The van der Waals surface area contributed by atoms with E-state index >= 15 is 0 Å². The molecule has 0 aromatic heterocycles. The Morgan fingerprint density at radius 1 is 1.25 bits per heavy atom. The minimum atomic E-state index is 0.644. The fourth-order valence-electron chi connectivity index (χ4n) is 2.17. The van der Waals surface area contributed by atoms with Gasteiger partial charge in [-0.15, -0.1) is 0 Å². The Labute approximate surface area is 97.8 Å². The zero-order valence-electron chi connectivity index (χ0n) is 10.2. The van der Waals surface area contributed by atoms with E-state index in [9.17, 15) is 0 Å². The molecule has 1 aromatic rings. The Bertz CT molecular complexity index is 382. The van der Waals surface area contributed by atoms with E-state index in [0.29, 0.717) is 5.92 Å². The van der Waals surface area contributed by atoms with E-state index in [-0.39, 0.29) is 0 Å². The van der Waals surface area contributed by atoms with Gasteiger partial charge in [0.2, 0.25) is 0 Å². The maximum absolute atomic E-state index is 4.56. The summed E-state index contributed by atoms with van der Waals surface area (Å²) < 4.78 is 0. The van der Waals surface area contributed by atoms with Gasteiger partial charge in [0.25, 0.3) is 0 Å². The van der Waals surface area contributed by atoms with Crippen molar-refractivity contribution in [3.63, 3.8) is 0 Å². The maximum Gasteiger partial charge on any atom is 0.0590 e. The van der Waals surface area contributed by atoms with E-state index in [1.54, 1.807) is 0 Å². The SMILES string of the molecule is Cc1ccccc1NN=C1CCCCC1C. The summed E-state index contributed by atoms with van der Waals surface area (Å²) in [5.41, 5.74) is 6.89. The van der Waals surface area contributed by atoms with Crippen LogP contribution in [0.15, 0.2) is 29.4 Å². The standard InChI is InChI=1S/C14H20N2/c1-11-7-3-5-9-13(11)15-16-14-10-6-4-8-12(14)2/h3,5,7,9,12,15H,4,6,8,10H2,1-2H3. The molecule has 0 aliphatic heterocycles. The van der Waals surface area contributed by atoms with Crippen LogP contribution in [0.4, 0.5) is 5.69 Å². The summed E-state index contributed by atoms with van der Waals surface area (Å²) in [4.78, 5) is 0. The Hall–Kier alpha value is -1.31. The molecule has 16 heavy (non-hydrogen) atoms. The number of nitrogens with zero attached hydrogens (tertiary/aromatic N) is 1. The molecule has 0 heterocycles. The van der Waals surface area contributed by atoms with Crippen molar-refractivity contribution in [1.29, 1.82) is 0 Å². The van der Waals surface area contributed by atoms with Crippen LogP contribution in [0.2, 0.25) is 0 Å². The zero-order chi connectivity index (χ0) is 11.4. The van der Waals surface area contributed by atoms with Crippen LogP contribution in [0.1, 0.15) is 38.2 Å². The van der Waals surface area contributed by atoms with E-state index in [1.807, 2.05) is 6.07 Å². The summed E-state index contributed by atoms with van der Waals surface area (Å²) >= 11 is 0. The highest BCUT2D eigenvalue weighted by atomic mass is 15.3. The first-order valence-electron chi connectivity index (χ1n) is 6.15. The molecule has 1 aromatic carbocycles. The summed E-state index contributed by atoms with van der Waals surface area (Å²) in [5, 5.41) is 4.56. The second-order valence-corrected chi connectivity index (χ2v) is 4.68. The Balaban J connectivity index is 2.05. The monoisotopic (exact) mass is 216 g/mol. The van der Waals surface area contributed by atoms with Crippen molar-refractivity contribution in [3.8, 4) is 0 Å². The van der Waals surface area contributed by atoms with Crippen LogP contribution >= 0.6 is 0 Å². The molecule has 1 aliphatic carbocycles. The lowest BCUT2D eigenvalue weighted by Crippen LogP contribution is -2.17. The lowest BCUT2D eigenvalue weighted by molar-refractivity contribution is 0.558. The van der Waals surface area contributed by atoms with E-state index in [4.69, 9.17) is 0 Å². The number of hydrogen-bond donors (Lipinski definition) is 1. The van der Waals surface area contributed by atoms with E-state index in [0.717, 1.165) is 12.1 Å². The second kappa shape index (κ2) is 5.15. The number of anilines is 1. The van der Waals surface area contributed by atoms with E-state index in [1.165, 1.54) is 30.5 Å². The van der Waals surface area contributed by atoms with Crippen molar-refractivity contribution in [2.24, 2.45) is 11.0 Å². The number of benzene rings is 1. The van der Waals surface area contributed by atoms with Gasteiger partial charge in [0.05, 0.1) is 5.69 Å². The van der Waals surface area contributed by atoms with Crippen LogP contribution in [0.25, 0.3) is 0 Å². The van der Waals surface area contributed by atoms with Gasteiger partial charge in [-0.2, -0.15) is 5.10 Å². The summed E-state index contributed by atoms with van der Waals surface area (Å²) in [7, 11) is 0. The first kappa shape index (κ1) is 11.2. The minimum Gasteiger partial charge on any atom is -0.278 e. The average molecular weight is 216 g/mol. The molecule has 0 saturated heterocycles. The first-order valence-corrected chi connectivity index (χ1v) is 6.15. The van der Waals surface area contributed by atoms with Crippen molar-refractivity contribution in [1.82, 2.24) is 0 Å². The molecular weight excluding hydrogens is 196 g/mol. The number of hydrazone groups is 1. The highest BCUT2D eigenvalue weighted by Crippen LogP contribution is 2.22. The van der Waals surface area contributed by atoms with Gasteiger partial charge < -0.3 is 0 Å². The summed E-state index contributed by atoms with van der Waals surface area (Å²) in [5.74, 6) is 0.644. The molecule has 2 rings (SSSR count). The van der Waals surface area contributed by atoms with Crippen molar-refractivity contribution in [3.05, 3.63) is 29.8 Å². The predicted molar refractivity (Wildman–Crippen MR) is 69.9 cm³/mol. The largest absolute Gasteiger partial charge is 0.278 e. The number of hydrogen-bond acceptors (Lipinski definition) is 2. The fraction of sp³-hybridized carbons (Fsp3) is 0.500. The van der Waals surface area contributed by atoms with Crippen LogP contribution in [0, 0.1) is 12.8 Å². The third-order valence-electron chi connectivity index (χ3n) is 3.35. The highest BCUT2D eigenvalue weighted by Gasteiger charge is 2.15. The molecule has 0 radical (unpaired) electrons. The average Bonchev–Trinajstić information content (AvgIpc) is 2.30. The van der Waals surface area contributed by atoms with Gasteiger partial charge in [-0.25, -0.2) is 0 Å². The fourth-order valence-corrected chi connectivity index (χ4v) is 2.17. The molecule has 0 bridgehead atoms.